The van der Waals surface area contributed by atoms with Crippen LogP contribution in [0.4, 0.5) is 0 Å². The molecule has 2 unspecified atom stereocenters. The van der Waals surface area contributed by atoms with Gasteiger partial charge in [-0.15, -0.1) is 5.10 Å². The van der Waals surface area contributed by atoms with Crippen molar-refractivity contribution in [1.82, 2.24) is 20.1 Å². The number of hydrogen-bond donors (Lipinski definition) is 2. The Hall–Kier alpha value is -0.750. The molecule has 6 heteroatoms. The summed E-state index contributed by atoms with van der Waals surface area (Å²) in [6.45, 7) is 11.8. The van der Waals surface area contributed by atoms with Gasteiger partial charge in [0.25, 0.3) is 0 Å². The van der Waals surface area contributed by atoms with Crippen LogP contribution in [0.2, 0.25) is 0 Å². The molecule has 0 aromatic carbocycles. The number of aromatic amines is 1. The summed E-state index contributed by atoms with van der Waals surface area (Å²) in [4.78, 5) is 11.8. The van der Waals surface area contributed by atoms with E-state index in [0.29, 0.717) is 16.7 Å². The summed E-state index contributed by atoms with van der Waals surface area (Å²) in [7, 11) is 0. The largest absolute Gasteiger partial charge is 0.344 e. The highest BCUT2D eigenvalue weighted by Gasteiger charge is 2.42. The maximum absolute atomic E-state index is 11.8. The molecule has 0 saturated heterocycles. The average molecular weight is 298 g/mol. The zero-order valence-corrected chi connectivity index (χ0v) is 13.9. The molecule has 0 amide bonds. The molecular formula is C14H26N4OS. The minimum absolute atomic E-state index is 0.111. The Morgan fingerprint density at radius 2 is 2.25 bits per heavy atom. The van der Waals surface area contributed by atoms with E-state index in [2.05, 4.69) is 36.3 Å². The van der Waals surface area contributed by atoms with Gasteiger partial charge in [-0.2, -0.15) is 0 Å². The molecule has 1 aromatic rings. The standard InChI is InChI=1S/C14H26N4OS/c1-6-15-11-10(7-8-14(11,4)5)20-13-17-16-12(19)18(13)9(2)3/h9-11,15H,6-8H2,1-5H3,(H,16,19). The maximum atomic E-state index is 11.8. The van der Waals surface area contributed by atoms with E-state index in [4.69, 9.17) is 0 Å². The van der Waals surface area contributed by atoms with Gasteiger partial charge < -0.3 is 5.32 Å². The Kier molecular flexibility index (Phi) is 4.64. The molecule has 0 aliphatic heterocycles. The first kappa shape index (κ1) is 15.6. The SMILES string of the molecule is CCNC1C(Sc2n[nH]c(=O)n2C(C)C)CCC1(C)C. The fraction of sp³-hybridized carbons (Fsp3) is 0.857. The summed E-state index contributed by atoms with van der Waals surface area (Å²) in [6.07, 6.45) is 2.37. The van der Waals surface area contributed by atoms with Gasteiger partial charge in [0.1, 0.15) is 0 Å². The van der Waals surface area contributed by atoms with E-state index in [1.165, 1.54) is 6.42 Å². The average Bonchev–Trinajstić information content (AvgIpc) is 2.84. The second kappa shape index (κ2) is 5.93. The summed E-state index contributed by atoms with van der Waals surface area (Å²) in [5.74, 6) is 0. The van der Waals surface area contributed by atoms with E-state index in [1.807, 2.05) is 13.8 Å². The number of nitrogens with zero attached hydrogens (tertiary/aromatic N) is 2. The summed E-state index contributed by atoms with van der Waals surface area (Å²) >= 11 is 1.74. The van der Waals surface area contributed by atoms with Gasteiger partial charge in [-0.3, -0.25) is 4.57 Å². The van der Waals surface area contributed by atoms with Crippen LogP contribution >= 0.6 is 11.8 Å². The molecule has 20 heavy (non-hydrogen) atoms. The fourth-order valence-electron chi connectivity index (χ4n) is 3.06. The minimum atomic E-state index is -0.111. The van der Waals surface area contributed by atoms with E-state index in [1.54, 1.807) is 16.3 Å². The predicted molar refractivity (Wildman–Crippen MR) is 83.4 cm³/mol. The lowest BCUT2D eigenvalue weighted by Crippen LogP contribution is -2.43. The van der Waals surface area contributed by atoms with E-state index < -0.39 is 0 Å². The first-order valence-electron chi connectivity index (χ1n) is 7.43. The summed E-state index contributed by atoms with van der Waals surface area (Å²) in [5.41, 5.74) is 0.187. The molecule has 0 radical (unpaired) electrons. The third kappa shape index (κ3) is 2.96. The van der Waals surface area contributed by atoms with Crippen LogP contribution in [0.25, 0.3) is 0 Å². The Balaban J connectivity index is 2.20. The first-order chi connectivity index (χ1) is 9.36. The van der Waals surface area contributed by atoms with Crippen LogP contribution in [0.3, 0.4) is 0 Å². The third-order valence-corrected chi connectivity index (χ3v) is 5.47. The number of rotatable bonds is 5. The van der Waals surface area contributed by atoms with E-state index >= 15 is 0 Å². The van der Waals surface area contributed by atoms with Crippen molar-refractivity contribution in [2.75, 3.05) is 6.54 Å². The van der Waals surface area contributed by atoms with Crippen molar-refractivity contribution in [1.29, 1.82) is 0 Å². The zero-order valence-electron chi connectivity index (χ0n) is 13.1. The minimum Gasteiger partial charge on any atom is -0.313 e. The molecule has 1 heterocycles. The monoisotopic (exact) mass is 298 g/mol. The quantitative estimate of drug-likeness (QED) is 0.876. The van der Waals surface area contributed by atoms with Gasteiger partial charge in [-0.1, -0.05) is 32.5 Å². The number of hydrogen-bond acceptors (Lipinski definition) is 4. The van der Waals surface area contributed by atoms with Crippen molar-refractivity contribution >= 4 is 11.8 Å². The van der Waals surface area contributed by atoms with Gasteiger partial charge in [0, 0.05) is 17.3 Å². The lowest BCUT2D eigenvalue weighted by Gasteiger charge is -2.31. The van der Waals surface area contributed by atoms with Crippen LogP contribution in [0, 0.1) is 5.41 Å². The summed E-state index contributed by atoms with van der Waals surface area (Å²) < 4.78 is 1.75. The Bertz CT molecular complexity index is 506. The third-order valence-electron chi connectivity index (χ3n) is 4.16. The van der Waals surface area contributed by atoms with Gasteiger partial charge in [-0.05, 0) is 38.6 Å². The topological polar surface area (TPSA) is 62.7 Å². The van der Waals surface area contributed by atoms with Crippen LogP contribution in [0.15, 0.2) is 9.95 Å². The van der Waals surface area contributed by atoms with Crippen molar-refractivity contribution < 1.29 is 0 Å². The van der Waals surface area contributed by atoms with Crippen LogP contribution in [-0.4, -0.2) is 32.6 Å². The smallest absolute Gasteiger partial charge is 0.313 e. The van der Waals surface area contributed by atoms with Crippen LogP contribution in [0.5, 0.6) is 0 Å². The van der Waals surface area contributed by atoms with Crippen molar-refractivity contribution in [3.63, 3.8) is 0 Å². The van der Waals surface area contributed by atoms with E-state index in [9.17, 15) is 4.79 Å². The molecule has 0 bridgehead atoms. The predicted octanol–water partition coefficient (Wildman–Crippen LogP) is 2.41. The second-order valence-electron chi connectivity index (χ2n) is 6.49. The fourth-order valence-corrected chi connectivity index (χ4v) is 4.67. The molecular weight excluding hydrogens is 272 g/mol. The van der Waals surface area contributed by atoms with Crippen molar-refractivity contribution in [2.24, 2.45) is 5.41 Å². The number of thioether (sulfide) groups is 1. The number of aromatic nitrogens is 3. The van der Waals surface area contributed by atoms with E-state index in [0.717, 1.165) is 18.1 Å². The normalized spacial score (nSPS) is 25.5. The molecule has 1 aromatic heterocycles. The second-order valence-corrected chi connectivity index (χ2v) is 7.70. The molecule has 1 aliphatic rings. The lowest BCUT2D eigenvalue weighted by atomic mass is 9.87. The lowest BCUT2D eigenvalue weighted by molar-refractivity contribution is 0.290. The molecule has 114 valence electrons. The van der Waals surface area contributed by atoms with Gasteiger partial charge in [-0.25, -0.2) is 9.89 Å². The highest BCUT2D eigenvalue weighted by molar-refractivity contribution is 7.99. The van der Waals surface area contributed by atoms with Crippen molar-refractivity contribution in [3.8, 4) is 0 Å². The first-order valence-corrected chi connectivity index (χ1v) is 8.31. The molecule has 5 nitrogen and oxygen atoms in total. The van der Waals surface area contributed by atoms with Gasteiger partial charge in [0.05, 0.1) is 0 Å². The van der Waals surface area contributed by atoms with Gasteiger partial charge >= 0.3 is 5.69 Å². The molecule has 0 spiro atoms. The molecule has 2 N–H and O–H groups in total. The van der Waals surface area contributed by atoms with Crippen molar-refractivity contribution in [3.05, 3.63) is 10.5 Å². The Morgan fingerprint density at radius 3 is 2.85 bits per heavy atom. The number of H-pyrrole nitrogens is 1. The summed E-state index contributed by atoms with van der Waals surface area (Å²) in [5, 5.41) is 11.7. The summed E-state index contributed by atoms with van der Waals surface area (Å²) in [6, 6.07) is 0.598. The van der Waals surface area contributed by atoms with E-state index in [-0.39, 0.29) is 11.7 Å². The van der Waals surface area contributed by atoms with Crippen LogP contribution in [-0.2, 0) is 0 Å². The Morgan fingerprint density at radius 1 is 1.55 bits per heavy atom. The van der Waals surface area contributed by atoms with Crippen LogP contribution < -0.4 is 11.0 Å². The molecule has 1 fully saturated rings. The molecule has 1 saturated carbocycles. The molecule has 2 atom stereocenters. The molecule has 2 rings (SSSR count). The van der Waals surface area contributed by atoms with Crippen molar-refractivity contribution in [2.45, 2.75) is 70.0 Å². The zero-order chi connectivity index (χ0) is 14.9. The van der Waals surface area contributed by atoms with Gasteiger partial charge in [0.2, 0.25) is 0 Å². The Labute approximate surface area is 124 Å². The van der Waals surface area contributed by atoms with Gasteiger partial charge in [0.15, 0.2) is 5.16 Å². The number of nitrogens with one attached hydrogen (secondary N) is 2. The maximum Gasteiger partial charge on any atom is 0.344 e. The highest BCUT2D eigenvalue weighted by atomic mass is 32.2. The highest BCUT2D eigenvalue weighted by Crippen LogP contribution is 2.44. The molecule has 1 aliphatic carbocycles. The van der Waals surface area contributed by atoms with Crippen LogP contribution in [0.1, 0.15) is 53.5 Å².